The number of carbonyl (C=O) groups is 4. The van der Waals surface area contributed by atoms with Crippen LogP contribution in [-0.2, 0) is 0 Å². The molecule has 2 N–H and O–H groups in total. The highest BCUT2D eigenvalue weighted by atomic mass is 16.2. The number of carbonyl (C=O) groups excluding carboxylic acids is 4. The molecule has 0 saturated carbocycles. The molecule has 116 valence electrons. The first-order valence-corrected chi connectivity index (χ1v) is 6.95. The van der Waals surface area contributed by atoms with Crippen LogP contribution in [-0.4, -0.2) is 23.6 Å². The average Bonchev–Trinajstić information content (AvgIpc) is 3.03. The van der Waals surface area contributed by atoms with Gasteiger partial charge in [-0.1, -0.05) is 12.1 Å². The van der Waals surface area contributed by atoms with Gasteiger partial charge in [0, 0.05) is 0 Å². The highest BCUT2D eigenvalue weighted by Crippen LogP contribution is 2.31. The van der Waals surface area contributed by atoms with Crippen LogP contribution in [0, 0.1) is 0 Å². The minimum atomic E-state index is -0.546. The second kappa shape index (κ2) is 4.92. The van der Waals surface area contributed by atoms with E-state index in [1.165, 1.54) is 24.3 Å². The molecule has 4 rings (SSSR count). The zero-order valence-corrected chi connectivity index (χ0v) is 12.0. The van der Waals surface area contributed by atoms with E-state index < -0.39 is 23.6 Å². The molecule has 0 aliphatic carbocycles. The number of nitrogens with zero attached hydrogens (tertiary/aromatic N) is 2. The fraction of sp³-hybridized carbons (Fsp3) is 0. The first kappa shape index (κ1) is 13.9. The van der Waals surface area contributed by atoms with Crippen molar-refractivity contribution in [3.05, 3.63) is 58.7 Å². The third-order valence-electron chi connectivity index (χ3n) is 3.75. The molecule has 2 aromatic carbocycles. The molecule has 0 radical (unpaired) electrons. The van der Waals surface area contributed by atoms with Gasteiger partial charge in [0.15, 0.2) is 0 Å². The van der Waals surface area contributed by atoms with Crippen molar-refractivity contribution in [1.82, 2.24) is 10.6 Å². The summed E-state index contributed by atoms with van der Waals surface area (Å²) in [6.45, 7) is 0. The fourth-order valence-corrected chi connectivity index (χ4v) is 2.68. The molecule has 0 fully saturated rings. The number of nitrogens with one attached hydrogen (secondary N) is 2. The van der Waals surface area contributed by atoms with Gasteiger partial charge in [0.25, 0.3) is 23.6 Å². The highest BCUT2D eigenvalue weighted by Gasteiger charge is 2.31. The number of hydrogen-bond donors (Lipinski definition) is 2. The number of rotatable bonds is 2. The normalized spacial score (nSPS) is 15.5. The predicted octanol–water partition coefficient (Wildman–Crippen LogP) is 1.87. The largest absolute Gasteiger partial charge is 0.288 e. The molecule has 24 heavy (non-hydrogen) atoms. The molecule has 0 spiro atoms. The summed E-state index contributed by atoms with van der Waals surface area (Å²) in [6.07, 6.45) is 0. The molecule has 0 atom stereocenters. The summed E-state index contributed by atoms with van der Waals surface area (Å²) in [5.74, 6) is -2.07. The quantitative estimate of drug-likeness (QED) is 0.648. The van der Waals surface area contributed by atoms with Crippen molar-refractivity contribution < 1.29 is 19.2 Å². The van der Waals surface area contributed by atoms with Gasteiger partial charge < -0.3 is 0 Å². The highest BCUT2D eigenvalue weighted by molar-refractivity contribution is 6.24. The summed E-state index contributed by atoms with van der Waals surface area (Å²) in [4.78, 5) is 47.0. The Labute approximate surface area is 134 Å². The molecule has 4 amide bonds. The first-order valence-electron chi connectivity index (χ1n) is 6.95. The molecule has 8 nitrogen and oxygen atoms in total. The number of imide groups is 2. The third kappa shape index (κ3) is 1.93. The van der Waals surface area contributed by atoms with Gasteiger partial charge in [-0.15, -0.1) is 10.2 Å². The SMILES string of the molecule is O=C1NC(=O)c2c(N=Nc3cccc4c3C(=O)NC4=O)cccc21. The minimum Gasteiger partial charge on any atom is -0.288 e. The molecule has 8 heteroatoms. The minimum absolute atomic E-state index is 0.138. The van der Waals surface area contributed by atoms with Crippen LogP contribution in [0.2, 0.25) is 0 Å². The van der Waals surface area contributed by atoms with Crippen LogP contribution in [0.5, 0.6) is 0 Å². The fourth-order valence-electron chi connectivity index (χ4n) is 2.68. The van der Waals surface area contributed by atoms with Crippen LogP contribution in [0.4, 0.5) is 11.4 Å². The maximum absolute atomic E-state index is 11.8. The number of benzene rings is 2. The number of azo groups is 1. The summed E-state index contributed by atoms with van der Waals surface area (Å²) < 4.78 is 0. The lowest BCUT2D eigenvalue weighted by molar-refractivity contribution is 0.0863. The van der Waals surface area contributed by atoms with E-state index >= 15 is 0 Å². The average molecular weight is 320 g/mol. The van der Waals surface area contributed by atoms with E-state index in [1.54, 1.807) is 12.1 Å². The monoisotopic (exact) mass is 320 g/mol. The Hall–Kier alpha value is -3.68. The van der Waals surface area contributed by atoms with Crippen molar-refractivity contribution in [2.45, 2.75) is 0 Å². The topological polar surface area (TPSA) is 117 Å². The van der Waals surface area contributed by atoms with Crippen molar-refractivity contribution in [1.29, 1.82) is 0 Å². The Balaban J connectivity index is 1.80. The molecule has 0 unspecified atom stereocenters. The van der Waals surface area contributed by atoms with Crippen LogP contribution in [0.15, 0.2) is 46.6 Å². The van der Waals surface area contributed by atoms with Gasteiger partial charge in [-0.05, 0) is 24.3 Å². The Kier molecular flexibility index (Phi) is 2.86. The lowest BCUT2D eigenvalue weighted by Crippen LogP contribution is -2.20. The van der Waals surface area contributed by atoms with Gasteiger partial charge in [-0.25, -0.2) is 0 Å². The lowest BCUT2D eigenvalue weighted by Gasteiger charge is -2.01. The van der Waals surface area contributed by atoms with Crippen LogP contribution < -0.4 is 10.6 Å². The van der Waals surface area contributed by atoms with Gasteiger partial charge in [0.1, 0.15) is 0 Å². The van der Waals surface area contributed by atoms with E-state index in [1.807, 2.05) is 0 Å². The van der Waals surface area contributed by atoms with Crippen molar-refractivity contribution >= 4 is 35.0 Å². The summed E-state index contributed by atoms with van der Waals surface area (Å²) in [7, 11) is 0. The number of amides is 4. The van der Waals surface area contributed by atoms with Gasteiger partial charge in [0.05, 0.1) is 33.6 Å². The van der Waals surface area contributed by atoms with Crippen molar-refractivity contribution in [2.75, 3.05) is 0 Å². The third-order valence-corrected chi connectivity index (χ3v) is 3.75. The molecule has 2 aliphatic heterocycles. The smallest absolute Gasteiger partial charge is 0.261 e. The summed E-state index contributed by atoms with van der Waals surface area (Å²) in [5, 5.41) is 12.4. The van der Waals surface area contributed by atoms with E-state index in [2.05, 4.69) is 20.9 Å². The van der Waals surface area contributed by atoms with E-state index in [4.69, 9.17) is 0 Å². The Morgan fingerprint density at radius 2 is 1.00 bits per heavy atom. The Morgan fingerprint density at radius 1 is 0.583 bits per heavy atom. The lowest BCUT2D eigenvalue weighted by atomic mass is 10.1. The van der Waals surface area contributed by atoms with Gasteiger partial charge >= 0.3 is 0 Å². The number of hydrogen-bond acceptors (Lipinski definition) is 6. The summed E-state index contributed by atoms with van der Waals surface area (Å²) >= 11 is 0. The van der Waals surface area contributed by atoms with Gasteiger partial charge in [-0.2, -0.15) is 0 Å². The van der Waals surface area contributed by atoms with Crippen molar-refractivity contribution in [3.63, 3.8) is 0 Å². The molecular weight excluding hydrogens is 312 g/mol. The number of fused-ring (bicyclic) bond motifs is 2. The molecule has 2 heterocycles. The van der Waals surface area contributed by atoms with Crippen molar-refractivity contribution in [2.24, 2.45) is 10.2 Å². The maximum atomic E-state index is 11.8. The van der Waals surface area contributed by atoms with E-state index in [0.29, 0.717) is 0 Å². The molecule has 0 saturated heterocycles. The van der Waals surface area contributed by atoms with Crippen molar-refractivity contribution in [3.8, 4) is 0 Å². The second-order valence-electron chi connectivity index (χ2n) is 5.17. The molecule has 0 aromatic heterocycles. The van der Waals surface area contributed by atoms with E-state index in [0.717, 1.165) is 0 Å². The predicted molar refractivity (Wildman–Crippen MR) is 80.7 cm³/mol. The van der Waals surface area contributed by atoms with Crippen LogP contribution >= 0.6 is 0 Å². The Bertz CT molecular complexity index is 914. The van der Waals surface area contributed by atoms with Crippen LogP contribution in [0.1, 0.15) is 41.4 Å². The molecule has 2 aliphatic rings. The summed E-state index contributed by atoms with van der Waals surface area (Å²) in [5.41, 5.74) is 1.14. The van der Waals surface area contributed by atoms with E-state index in [-0.39, 0.29) is 33.6 Å². The zero-order valence-electron chi connectivity index (χ0n) is 12.0. The first-order chi connectivity index (χ1) is 11.6. The van der Waals surface area contributed by atoms with Crippen LogP contribution in [0.25, 0.3) is 0 Å². The molecular formula is C16H8N4O4. The molecule has 0 bridgehead atoms. The zero-order chi connectivity index (χ0) is 16.8. The van der Waals surface area contributed by atoms with E-state index in [9.17, 15) is 19.2 Å². The van der Waals surface area contributed by atoms with Crippen LogP contribution in [0.3, 0.4) is 0 Å². The van der Waals surface area contributed by atoms with Gasteiger partial charge in [0.2, 0.25) is 0 Å². The maximum Gasteiger partial charge on any atom is 0.261 e. The Morgan fingerprint density at radius 3 is 1.42 bits per heavy atom. The second-order valence-corrected chi connectivity index (χ2v) is 5.17. The standard InChI is InChI=1S/C16H8N4O4/c21-13-7-3-1-5-9(11(7)15(23)17-13)19-20-10-6-2-4-8-12(10)16(24)18-14(8)22/h1-6H,(H,17,21,23)(H,18,22,24). The summed E-state index contributed by atoms with van der Waals surface area (Å²) in [6, 6.07) is 9.26. The molecule has 2 aromatic rings. The van der Waals surface area contributed by atoms with Gasteiger partial charge in [-0.3, -0.25) is 29.8 Å².